The number of amides is 2. The molecule has 0 radical (unpaired) electrons. The number of aromatic nitrogens is 1. The first-order valence-electron chi connectivity index (χ1n) is 11.8. The van der Waals surface area contributed by atoms with Crippen LogP contribution in [0.15, 0.2) is 72.8 Å². The summed E-state index contributed by atoms with van der Waals surface area (Å²) in [6, 6.07) is 23.0. The maximum Gasteiger partial charge on any atom is 0.271 e. The molecule has 4 aromatic rings. The first-order chi connectivity index (χ1) is 17.0. The number of benzene rings is 3. The average Bonchev–Trinajstić information content (AvgIpc) is 3.63. The van der Waals surface area contributed by atoms with E-state index in [0.717, 1.165) is 28.7 Å². The molecule has 7 heteroatoms. The van der Waals surface area contributed by atoms with E-state index < -0.39 is 0 Å². The van der Waals surface area contributed by atoms with Crippen LogP contribution in [0.2, 0.25) is 0 Å². The third-order valence-electron chi connectivity index (χ3n) is 5.95. The highest BCUT2D eigenvalue weighted by Crippen LogP contribution is 2.34. The number of nitrogens with zero attached hydrogens (tertiary/aromatic N) is 2. The molecular formula is C28H27N3O3S. The molecule has 1 aliphatic rings. The van der Waals surface area contributed by atoms with Crippen molar-refractivity contribution in [3.05, 3.63) is 78.4 Å². The SMILES string of the molecule is CC(C)c1ccc(N(C(=O)COc2cccc(NC(=O)C3CC3)c2)c2nc3ccccc3s2)cc1. The van der Waals surface area contributed by atoms with Crippen molar-refractivity contribution in [3.63, 3.8) is 0 Å². The number of rotatable bonds is 8. The highest BCUT2D eigenvalue weighted by atomic mass is 32.1. The van der Waals surface area contributed by atoms with Gasteiger partial charge >= 0.3 is 0 Å². The normalized spacial score (nSPS) is 13.1. The lowest BCUT2D eigenvalue weighted by Gasteiger charge is -2.21. The van der Waals surface area contributed by atoms with Crippen molar-refractivity contribution in [2.24, 2.45) is 5.92 Å². The zero-order chi connectivity index (χ0) is 24.4. The molecule has 0 unspecified atom stereocenters. The van der Waals surface area contributed by atoms with Crippen LogP contribution in [0.3, 0.4) is 0 Å². The highest BCUT2D eigenvalue weighted by Gasteiger charge is 2.29. The Bertz CT molecular complexity index is 1330. The lowest BCUT2D eigenvalue weighted by molar-refractivity contribution is -0.120. The number of para-hydroxylation sites is 1. The highest BCUT2D eigenvalue weighted by molar-refractivity contribution is 7.22. The molecule has 0 bridgehead atoms. The number of hydrogen-bond acceptors (Lipinski definition) is 5. The van der Waals surface area contributed by atoms with Crippen molar-refractivity contribution in [2.75, 3.05) is 16.8 Å². The predicted molar refractivity (Wildman–Crippen MR) is 141 cm³/mol. The van der Waals surface area contributed by atoms with Crippen LogP contribution in [0.5, 0.6) is 5.75 Å². The molecule has 1 saturated carbocycles. The minimum Gasteiger partial charge on any atom is -0.484 e. The summed E-state index contributed by atoms with van der Waals surface area (Å²) in [7, 11) is 0. The van der Waals surface area contributed by atoms with Gasteiger partial charge in [-0.05, 0) is 60.7 Å². The van der Waals surface area contributed by atoms with Crippen molar-refractivity contribution in [2.45, 2.75) is 32.6 Å². The summed E-state index contributed by atoms with van der Waals surface area (Å²) in [5, 5.41) is 3.51. The van der Waals surface area contributed by atoms with Crippen LogP contribution in [0.25, 0.3) is 10.2 Å². The van der Waals surface area contributed by atoms with E-state index in [9.17, 15) is 9.59 Å². The Morgan fingerprint density at radius 1 is 1.06 bits per heavy atom. The quantitative estimate of drug-likeness (QED) is 0.309. The Labute approximate surface area is 208 Å². The predicted octanol–water partition coefficient (Wildman–Crippen LogP) is 6.51. The molecule has 0 aliphatic heterocycles. The second-order valence-corrected chi connectivity index (χ2v) is 10.0. The topological polar surface area (TPSA) is 71.5 Å². The van der Waals surface area contributed by atoms with E-state index in [-0.39, 0.29) is 24.3 Å². The molecule has 2 amide bonds. The zero-order valence-electron chi connectivity index (χ0n) is 19.7. The number of fused-ring (bicyclic) bond motifs is 1. The Hall–Kier alpha value is -3.71. The van der Waals surface area contributed by atoms with Crippen molar-refractivity contribution in [1.82, 2.24) is 4.98 Å². The van der Waals surface area contributed by atoms with E-state index in [2.05, 4.69) is 19.2 Å². The molecule has 1 heterocycles. The Morgan fingerprint density at radius 2 is 1.83 bits per heavy atom. The van der Waals surface area contributed by atoms with Crippen LogP contribution in [0.1, 0.15) is 38.2 Å². The first-order valence-corrected chi connectivity index (χ1v) is 12.6. The molecule has 0 saturated heterocycles. The molecule has 0 atom stereocenters. The zero-order valence-corrected chi connectivity index (χ0v) is 20.5. The fraction of sp³-hybridized carbons (Fsp3) is 0.250. The Balaban J connectivity index is 1.37. The summed E-state index contributed by atoms with van der Waals surface area (Å²) in [6.07, 6.45) is 1.88. The Morgan fingerprint density at radius 3 is 2.54 bits per heavy atom. The lowest BCUT2D eigenvalue weighted by Crippen LogP contribution is -2.30. The fourth-order valence-corrected chi connectivity index (χ4v) is 4.79. The molecule has 178 valence electrons. The maximum absolute atomic E-state index is 13.5. The average molecular weight is 486 g/mol. The standard InChI is InChI=1S/C28H27N3O3S/c1-18(2)19-12-14-22(15-13-19)31(28-30-24-8-3-4-9-25(24)35-28)26(32)17-34-23-7-5-6-21(16-23)29-27(33)20-10-11-20/h3-9,12-16,18,20H,10-11,17H2,1-2H3,(H,29,33). The number of nitrogens with one attached hydrogen (secondary N) is 1. The molecule has 1 aromatic heterocycles. The van der Waals surface area contributed by atoms with Gasteiger partial charge in [-0.3, -0.25) is 14.5 Å². The lowest BCUT2D eigenvalue weighted by atomic mass is 10.0. The first kappa shape index (κ1) is 23.1. The third-order valence-corrected chi connectivity index (χ3v) is 6.97. The smallest absolute Gasteiger partial charge is 0.271 e. The number of thiazole rings is 1. The second-order valence-electron chi connectivity index (χ2n) is 9.02. The van der Waals surface area contributed by atoms with Crippen LogP contribution >= 0.6 is 11.3 Å². The number of anilines is 3. The summed E-state index contributed by atoms with van der Waals surface area (Å²) >= 11 is 1.47. The van der Waals surface area contributed by atoms with Gasteiger partial charge in [0, 0.05) is 17.7 Å². The molecule has 6 nitrogen and oxygen atoms in total. The minimum atomic E-state index is -0.228. The summed E-state index contributed by atoms with van der Waals surface area (Å²) < 4.78 is 6.87. The molecule has 0 spiro atoms. The maximum atomic E-state index is 13.5. The van der Waals surface area contributed by atoms with E-state index in [1.54, 1.807) is 23.1 Å². The van der Waals surface area contributed by atoms with Gasteiger partial charge in [-0.15, -0.1) is 0 Å². The monoisotopic (exact) mass is 485 g/mol. The van der Waals surface area contributed by atoms with Crippen LogP contribution in [0, 0.1) is 5.92 Å². The van der Waals surface area contributed by atoms with Gasteiger partial charge in [0.2, 0.25) is 5.91 Å². The molecule has 1 N–H and O–H groups in total. The molecule has 35 heavy (non-hydrogen) atoms. The van der Waals surface area contributed by atoms with Crippen molar-refractivity contribution in [3.8, 4) is 5.75 Å². The van der Waals surface area contributed by atoms with Crippen LogP contribution in [-0.2, 0) is 9.59 Å². The molecule has 3 aromatic carbocycles. The molecule has 1 fully saturated rings. The number of ether oxygens (including phenoxy) is 1. The van der Waals surface area contributed by atoms with Gasteiger partial charge in [0.05, 0.1) is 15.9 Å². The van der Waals surface area contributed by atoms with Gasteiger partial charge < -0.3 is 10.1 Å². The number of carbonyl (C=O) groups excluding carboxylic acids is 2. The summed E-state index contributed by atoms with van der Waals surface area (Å²) in [6.45, 7) is 4.11. The van der Waals surface area contributed by atoms with Gasteiger partial charge in [0.15, 0.2) is 11.7 Å². The minimum absolute atomic E-state index is 0.0325. The van der Waals surface area contributed by atoms with Gasteiger partial charge in [-0.25, -0.2) is 4.98 Å². The van der Waals surface area contributed by atoms with E-state index >= 15 is 0 Å². The van der Waals surface area contributed by atoms with Crippen molar-refractivity contribution < 1.29 is 14.3 Å². The van der Waals surface area contributed by atoms with Gasteiger partial charge in [0.1, 0.15) is 5.75 Å². The van der Waals surface area contributed by atoms with Gasteiger partial charge in [-0.2, -0.15) is 0 Å². The van der Waals surface area contributed by atoms with E-state index in [1.165, 1.54) is 16.9 Å². The Kier molecular flexibility index (Phi) is 6.51. The van der Waals surface area contributed by atoms with Gasteiger partial charge in [0.25, 0.3) is 5.91 Å². The summed E-state index contributed by atoms with van der Waals surface area (Å²) in [4.78, 5) is 31.9. The van der Waals surface area contributed by atoms with E-state index in [1.807, 2.05) is 54.6 Å². The third kappa shape index (κ3) is 5.35. The number of carbonyl (C=O) groups is 2. The van der Waals surface area contributed by atoms with E-state index in [4.69, 9.17) is 9.72 Å². The molecular weight excluding hydrogens is 458 g/mol. The van der Waals surface area contributed by atoms with Crippen molar-refractivity contribution in [1.29, 1.82) is 0 Å². The van der Waals surface area contributed by atoms with E-state index in [0.29, 0.717) is 22.5 Å². The number of hydrogen-bond donors (Lipinski definition) is 1. The van der Waals surface area contributed by atoms with Crippen molar-refractivity contribution >= 4 is 49.9 Å². The van der Waals surface area contributed by atoms with Crippen LogP contribution in [0.4, 0.5) is 16.5 Å². The molecule has 1 aliphatic carbocycles. The second kappa shape index (κ2) is 9.88. The molecule has 5 rings (SSSR count). The largest absolute Gasteiger partial charge is 0.484 e. The fourth-order valence-electron chi connectivity index (χ4n) is 3.79. The van der Waals surface area contributed by atoms with Crippen LogP contribution in [-0.4, -0.2) is 23.4 Å². The van der Waals surface area contributed by atoms with Crippen LogP contribution < -0.4 is 15.0 Å². The van der Waals surface area contributed by atoms with Gasteiger partial charge in [-0.1, -0.05) is 55.5 Å². The summed E-state index contributed by atoms with van der Waals surface area (Å²) in [5.74, 6) is 0.836. The summed E-state index contributed by atoms with van der Waals surface area (Å²) in [5.41, 5.74) is 3.46.